The minimum atomic E-state index is -0.0284. The van der Waals surface area contributed by atoms with Gasteiger partial charge in [-0.25, -0.2) is 0 Å². The molecule has 0 spiro atoms. The third kappa shape index (κ3) is 2.88. The Morgan fingerprint density at radius 3 is 2.34 bits per heavy atom. The molecular formula is C30H30IrN-. The van der Waals surface area contributed by atoms with Crippen LogP contribution in [0.1, 0.15) is 68.6 Å². The predicted molar refractivity (Wildman–Crippen MR) is 126 cm³/mol. The number of hydrogen-bond acceptors (Lipinski definition) is 1. The van der Waals surface area contributed by atoms with Crippen molar-refractivity contribution in [3.05, 3.63) is 77.5 Å². The number of benzene rings is 2. The van der Waals surface area contributed by atoms with Gasteiger partial charge in [-0.15, -0.1) is 29.3 Å². The van der Waals surface area contributed by atoms with Crippen molar-refractivity contribution >= 4 is 0 Å². The summed E-state index contributed by atoms with van der Waals surface area (Å²) in [4.78, 5) is 4.90. The van der Waals surface area contributed by atoms with E-state index in [1.54, 1.807) is 0 Å². The molecule has 8 rings (SSSR count). The van der Waals surface area contributed by atoms with E-state index < -0.39 is 0 Å². The van der Waals surface area contributed by atoms with Crippen LogP contribution in [0.3, 0.4) is 0 Å². The third-order valence-electron chi connectivity index (χ3n) is 9.16. The topological polar surface area (TPSA) is 12.9 Å². The summed E-state index contributed by atoms with van der Waals surface area (Å²) in [7, 11) is 0. The Labute approximate surface area is 205 Å². The van der Waals surface area contributed by atoms with E-state index in [4.69, 9.17) is 4.98 Å². The second-order valence-corrected chi connectivity index (χ2v) is 11.2. The van der Waals surface area contributed by atoms with Crippen LogP contribution in [0.4, 0.5) is 0 Å². The largest absolute Gasteiger partial charge is 0.305 e. The zero-order valence-electron chi connectivity index (χ0n) is 18.9. The molecule has 32 heavy (non-hydrogen) atoms. The molecular weight excluding hydrogens is 567 g/mol. The number of rotatable bonds is 2. The SMILES string of the molecule is CC1(C)c2ccccc2-c2cc[c-]c(-c3cc(C4C5CC6CC(C5)CC4C6)ccn3)c21.[Ir]. The molecule has 1 nitrogen and oxygen atoms in total. The molecule has 0 N–H and O–H groups in total. The van der Waals surface area contributed by atoms with Crippen LogP contribution in [-0.4, -0.2) is 4.98 Å². The molecule has 1 heterocycles. The van der Waals surface area contributed by atoms with Gasteiger partial charge in [-0.3, -0.25) is 0 Å². The zero-order valence-corrected chi connectivity index (χ0v) is 21.3. The molecule has 2 heteroatoms. The van der Waals surface area contributed by atoms with Gasteiger partial charge in [-0.05, 0) is 95.6 Å². The van der Waals surface area contributed by atoms with Crippen molar-refractivity contribution in [1.82, 2.24) is 4.98 Å². The van der Waals surface area contributed by atoms with E-state index in [9.17, 15) is 0 Å². The standard InChI is InChI=1S/C30H30N.Ir/c1-30(2)26-9-4-3-6-23(26)24-7-5-8-25(29(24)30)27-17-20(10-11-31-27)28-21-13-18-12-19(15-21)16-22(28)14-18;/h3-7,9-11,17-19,21-22,28H,12-16H2,1-2H3;/q-1;. The van der Waals surface area contributed by atoms with Crippen LogP contribution in [0.2, 0.25) is 0 Å². The van der Waals surface area contributed by atoms with Crippen LogP contribution in [0, 0.1) is 29.7 Å². The Bertz CT molecular complexity index is 1160. The molecule has 1 radical (unpaired) electrons. The Kier molecular flexibility index (Phi) is 4.80. The first kappa shape index (κ1) is 20.8. The van der Waals surface area contributed by atoms with Crippen LogP contribution in [0.5, 0.6) is 0 Å². The first-order valence-electron chi connectivity index (χ1n) is 12.2. The molecule has 0 amide bonds. The second-order valence-electron chi connectivity index (χ2n) is 11.2. The van der Waals surface area contributed by atoms with Gasteiger partial charge in [0.05, 0.1) is 0 Å². The van der Waals surface area contributed by atoms with E-state index in [1.165, 1.54) is 65.5 Å². The number of hydrogen-bond donors (Lipinski definition) is 0. The van der Waals surface area contributed by atoms with Crippen LogP contribution in [0.15, 0.2) is 54.7 Å². The summed E-state index contributed by atoms with van der Waals surface area (Å²) < 4.78 is 0. The number of aromatic nitrogens is 1. The van der Waals surface area contributed by atoms with Crippen molar-refractivity contribution in [3.8, 4) is 22.4 Å². The van der Waals surface area contributed by atoms with Gasteiger partial charge in [0.1, 0.15) is 0 Å². The smallest absolute Gasteiger partial charge is 0.0163 e. The summed E-state index contributed by atoms with van der Waals surface area (Å²) in [5, 5.41) is 0. The van der Waals surface area contributed by atoms with E-state index in [1.807, 2.05) is 0 Å². The molecule has 5 aliphatic carbocycles. The fourth-order valence-corrected chi connectivity index (χ4v) is 8.23. The monoisotopic (exact) mass is 597 g/mol. The first-order chi connectivity index (χ1) is 15.1. The van der Waals surface area contributed by atoms with Crippen LogP contribution >= 0.6 is 0 Å². The summed E-state index contributed by atoms with van der Waals surface area (Å²) in [6.45, 7) is 4.72. The fourth-order valence-electron chi connectivity index (χ4n) is 8.23. The van der Waals surface area contributed by atoms with Gasteiger partial charge < -0.3 is 4.98 Å². The van der Waals surface area contributed by atoms with E-state index in [-0.39, 0.29) is 25.5 Å². The van der Waals surface area contributed by atoms with Crippen LogP contribution in [-0.2, 0) is 25.5 Å². The molecule has 165 valence electrons. The second kappa shape index (κ2) is 7.37. The summed E-state index contributed by atoms with van der Waals surface area (Å²) in [5.41, 5.74) is 9.37. The molecule has 0 aliphatic heterocycles. The van der Waals surface area contributed by atoms with Crippen molar-refractivity contribution in [2.45, 2.75) is 57.3 Å². The molecule has 1 aromatic heterocycles. The van der Waals surface area contributed by atoms with E-state index in [0.29, 0.717) is 0 Å². The van der Waals surface area contributed by atoms with Gasteiger partial charge in [0.15, 0.2) is 0 Å². The molecule has 4 saturated carbocycles. The summed E-state index contributed by atoms with van der Waals surface area (Å²) in [6.07, 6.45) is 9.43. The minimum absolute atomic E-state index is 0. The van der Waals surface area contributed by atoms with Gasteiger partial charge in [0.25, 0.3) is 0 Å². The zero-order chi connectivity index (χ0) is 20.7. The Morgan fingerprint density at radius 2 is 1.59 bits per heavy atom. The average molecular weight is 597 g/mol. The third-order valence-corrected chi connectivity index (χ3v) is 9.16. The Morgan fingerprint density at radius 1 is 0.875 bits per heavy atom. The maximum absolute atomic E-state index is 4.90. The maximum atomic E-state index is 4.90. The van der Waals surface area contributed by atoms with Gasteiger partial charge in [0.2, 0.25) is 0 Å². The van der Waals surface area contributed by atoms with E-state index in [0.717, 1.165) is 35.3 Å². The molecule has 2 aromatic carbocycles. The van der Waals surface area contributed by atoms with Gasteiger partial charge in [-0.1, -0.05) is 49.7 Å². The quantitative estimate of drug-likeness (QED) is 0.281. The molecule has 0 saturated heterocycles. The van der Waals surface area contributed by atoms with Crippen LogP contribution < -0.4 is 0 Å². The van der Waals surface area contributed by atoms with Gasteiger partial charge >= 0.3 is 0 Å². The van der Waals surface area contributed by atoms with Crippen molar-refractivity contribution in [2.24, 2.45) is 23.7 Å². The van der Waals surface area contributed by atoms with Gasteiger partial charge in [0, 0.05) is 26.3 Å². The Hall–Kier alpha value is -1.76. The Balaban J connectivity index is 0.00000196. The van der Waals surface area contributed by atoms with Gasteiger partial charge in [-0.2, -0.15) is 0 Å². The van der Waals surface area contributed by atoms with E-state index in [2.05, 4.69) is 74.6 Å². The normalized spacial score (nSPS) is 30.5. The molecule has 4 fully saturated rings. The minimum Gasteiger partial charge on any atom is -0.305 e. The first-order valence-corrected chi connectivity index (χ1v) is 12.2. The maximum Gasteiger partial charge on any atom is 0.0163 e. The number of fused-ring (bicyclic) bond motifs is 3. The molecule has 4 bridgehead atoms. The number of nitrogens with zero attached hydrogens (tertiary/aromatic N) is 1. The van der Waals surface area contributed by atoms with Crippen molar-refractivity contribution in [2.75, 3.05) is 0 Å². The molecule has 0 atom stereocenters. The molecule has 3 aromatic rings. The van der Waals surface area contributed by atoms with Crippen molar-refractivity contribution < 1.29 is 20.1 Å². The predicted octanol–water partition coefficient (Wildman–Crippen LogP) is 7.39. The summed E-state index contributed by atoms with van der Waals surface area (Å²) >= 11 is 0. The summed E-state index contributed by atoms with van der Waals surface area (Å²) in [5.74, 6) is 4.59. The van der Waals surface area contributed by atoms with Crippen LogP contribution in [0.25, 0.3) is 22.4 Å². The summed E-state index contributed by atoms with van der Waals surface area (Å²) in [6, 6.07) is 21.6. The molecule has 5 aliphatic rings. The fraction of sp³-hybridized carbons (Fsp3) is 0.433. The van der Waals surface area contributed by atoms with E-state index >= 15 is 0 Å². The number of pyridine rings is 1. The van der Waals surface area contributed by atoms with Crippen molar-refractivity contribution in [1.29, 1.82) is 0 Å². The average Bonchev–Trinajstić information content (AvgIpc) is 3.01. The molecule has 0 unspecified atom stereocenters. The van der Waals surface area contributed by atoms with Crippen molar-refractivity contribution in [3.63, 3.8) is 0 Å².